The molecule has 0 unspecified atom stereocenters. The number of rotatable bonds is 3. The molecule has 3 nitrogen and oxygen atoms in total. The molecule has 0 saturated heterocycles. The summed E-state index contributed by atoms with van der Waals surface area (Å²) in [5, 5.41) is 18.6. The molecule has 21 heavy (non-hydrogen) atoms. The SMILES string of the molecule is N#Cc1cc(COc2ccc3c(c2)CC[C@@H]3O)ccc1F. The van der Waals surface area contributed by atoms with E-state index in [-0.39, 0.29) is 18.3 Å². The summed E-state index contributed by atoms with van der Waals surface area (Å²) < 4.78 is 18.9. The third-order valence-corrected chi connectivity index (χ3v) is 3.72. The van der Waals surface area contributed by atoms with Crippen LogP contribution in [-0.4, -0.2) is 5.11 Å². The van der Waals surface area contributed by atoms with Crippen molar-refractivity contribution >= 4 is 0 Å². The highest BCUT2D eigenvalue weighted by molar-refractivity contribution is 5.40. The zero-order valence-corrected chi connectivity index (χ0v) is 11.3. The number of nitriles is 1. The molecule has 2 aromatic carbocycles. The minimum Gasteiger partial charge on any atom is -0.489 e. The standard InChI is InChI=1S/C17H14FNO2/c18-16-5-1-11(7-13(16)9-19)10-21-14-3-4-15-12(8-14)2-6-17(15)20/h1,3-5,7-8,17,20H,2,6,10H2/t17-/m0/s1. The van der Waals surface area contributed by atoms with Crippen molar-refractivity contribution in [1.29, 1.82) is 5.26 Å². The lowest BCUT2D eigenvalue weighted by Gasteiger charge is -2.09. The van der Waals surface area contributed by atoms with E-state index in [4.69, 9.17) is 10.00 Å². The fraction of sp³-hybridized carbons (Fsp3) is 0.235. The third kappa shape index (κ3) is 2.74. The highest BCUT2D eigenvalue weighted by Gasteiger charge is 2.20. The third-order valence-electron chi connectivity index (χ3n) is 3.72. The molecule has 0 fully saturated rings. The Labute approximate surface area is 122 Å². The van der Waals surface area contributed by atoms with Gasteiger partial charge in [0.25, 0.3) is 0 Å². The second-order valence-corrected chi connectivity index (χ2v) is 5.13. The van der Waals surface area contributed by atoms with E-state index in [9.17, 15) is 9.50 Å². The maximum absolute atomic E-state index is 13.2. The molecule has 1 N–H and O–H groups in total. The van der Waals surface area contributed by atoms with Gasteiger partial charge in [0, 0.05) is 0 Å². The normalized spacial score (nSPS) is 16.3. The van der Waals surface area contributed by atoms with E-state index in [2.05, 4.69) is 0 Å². The first-order valence-corrected chi connectivity index (χ1v) is 6.79. The van der Waals surface area contributed by atoms with Crippen LogP contribution in [0.1, 0.15) is 34.8 Å². The van der Waals surface area contributed by atoms with Crippen LogP contribution in [-0.2, 0) is 13.0 Å². The van der Waals surface area contributed by atoms with Gasteiger partial charge in [-0.1, -0.05) is 12.1 Å². The molecular formula is C17H14FNO2. The molecule has 4 heteroatoms. The number of nitrogens with zero attached hydrogens (tertiary/aromatic N) is 1. The molecule has 0 bridgehead atoms. The molecule has 106 valence electrons. The van der Waals surface area contributed by atoms with Gasteiger partial charge in [0.1, 0.15) is 24.2 Å². The Morgan fingerprint density at radius 1 is 1.29 bits per heavy atom. The maximum atomic E-state index is 13.2. The van der Waals surface area contributed by atoms with Gasteiger partial charge in [0.15, 0.2) is 0 Å². The van der Waals surface area contributed by atoms with E-state index in [0.29, 0.717) is 5.75 Å². The Balaban J connectivity index is 1.72. The van der Waals surface area contributed by atoms with Crippen LogP contribution >= 0.6 is 0 Å². The van der Waals surface area contributed by atoms with E-state index in [1.807, 2.05) is 24.3 Å². The molecule has 0 heterocycles. The average Bonchev–Trinajstić information content (AvgIpc) is 2.87. The van der Waals surface area contributed by atoms with Crippen molar-refractivity contribution in [2.45, 2.75) is 25.6 Å². The van der Waals surface area contributed by atoms with Crippen LogP contribution in [0.4, 0.5) is 4.39 Å². The molecule has 1 atom stereocenters. The number of halogens is 1. The zero-order valence-electron chi connectivity index (χ0n) is 11.3. The Hall–Kier alpha value is -2.38. The van der Waals surface area contributed by atoms with Crippen LogP contribution in [0.25, 0.3) is 0 Å². The van der Waals surface area contributed by atoms with E-state index in [1.165, 1.54) is 12.1 Å². The molecule has 0 spiro atoms. The number of benzene rings is 2. The summed E-state index contributed by atoms with van der Waals surface area (Å²) in [5.41, 5.74) is 2.84. The van der Waals surface area contributed by atoms with Gasteiger partial charge in [0.2, 0.25) is 0 Å². The predicted octanol–water partition coefficient (Wildman–Crippen LogP) is 3.26. The van der Waals surface area contributed by atoms with Crippen LogP contribution in [0, 0.1) is 17.1 Å². The first kappa shape index (κ1) is 13.6. The van der Waals surface area contributed by atoms with E-state index in [0.717, 1.165) is 29.5 Å². The summed E-state index contributed by atoms with van der Waals surface area (Å²) in [6.45, 7) is 0.274. The van der Waals surface area contributed by atoms with Gasteiger partial charge in [-0.3, -0.25) is 0 Å². The molecule has 0 radical (unpaired) electrons. The summed E-state index contributed by atoms with van der Waals surface area (Å²) >= 11 is 0. The van der Waals surface area contributed by atoms with Crippen LogP contribution in [0.3, 0.4) is 0 Å². The summed E-state index contributed by atoms with van der Waals surface area (Å²) in [5.74, 6) is 0.193. The minimum absolute atomic E-state index is 0.0215. The monoisotopic (exact) mass is 283 g/mol. The summed E-state index contributed by atoms with van der Waals surface area (Å²) in [7, 11) is 0. The van der Waals surface area contributed by atoms with Crippen molar-refractivity contribution in [2.75, 3.05) is 0 Å². The number of aryl methyl sites for hydroxylation is 1. The van der Waals surface area contributed by atoms with Crippen LogP contribution < -0.4 is 4.74 Å². The van der Waals surface area contributed by atoms with Crippen molar-refractivity contribution in [2.24, 2.45) is 0 Å². The van der Waals surface area contributed by atoms with Crippen molar-refractivity contribution in [3.05, 3.63) is 64.5 Å². The number of hydrogen-bond donors (Lipinski definition) is 1. The van der Waals surface area contributed by atoms with Gasteiger partial charge in [-0.25, -0.2) is 4.39 Å². The van der Waals surface area contributed by atoms with Gasteiger partial charge < -0.3 is 9.84 Å². The number of aliphatic hydroxyl groups excluding tert-OH is 1. The zero-order chi connectivity index (χ0) is 14.8. The van der Waals surface area contributed by atoms with Crippen LogP contribution in [0.5, 0.6) is 5.75 Å². The second-order valence-electron chi connectivity index (χ2n) is 5.13. The number of ether oxygens (including phenoxy) is 1. The van der Waals surface area contributed by atoms with Gasteiger partial charge in [-0.05, 0) is 53.8 Å². The van der Waals surface area contributed by atoms with Gasteiger partial charge >= 0.3 is 0 Å². The highest BCUT2D eigenvalue weighted by Crippen LogP contribution is 2.33. The first-order chi connectivity index (χ1) is 10.2. The first-order valence-electron chi connectivity index (χ1n) is 6.79. The fourth-order valence-corrected chi connectivity index (χ4v) is 2.58. The Kier molecular flexibility index (Phi) is 3.59. The quantitative estimate of drug-likeness (QED) is 0.940. The molecule has 2 aromatic rings. The van der Waals surface area contributed by atoms with Crippen LogP contribution in [0.2, 0.25) is 0 Å². The Morgan fingerprint density at radius 2 is 2.14 bits per heavy atom. The molecule has 0 aliphatic heterocycles. The lowest BCUT2D eigenvalue weighted by molar-refractivity contribution is 0.180. The van der Waals surface area contributed by atoms with Gasteiger partial charge in [-0.15, -0.1) is 0 Å². The smallest absolute Gasteiger partial charge is 0.140 e. The fourth-order valence-electron chi connectivity index (χ4n) is 2.58. The van der Waals surface area contributed by atoms with Crippen LogP contribution in [0.15, 0.2) is 36.4 Å². The van der Waals surface area contributed by atoms with Crippen molar-refractivity contribution < 1.29 is 14.2 Å². The Morgan fingerprint density at radius 3 is 2.95 bits per heavy atom. The van der Waals surface area contributed by atoms with Crippen molar-refractivity contribution in [3.8, 4) is 11.8 Å². The minimum atomic E-state index is -0.521. The predicted molar refractivity (Wildman–Crippen MR) is 75.2 cm³/mol. The number of fused-ring (bicyclic) bond motifs is 1. The molecular weight excluding hydrogens is 269 g/mol. The van der Waals surface area contributed by atoms with E-state index in [1.54, 1.807) is 6.07 Å². The summed E-state index contributed by atoms with van der Waals surface area (Å²) in [6, 6.07) is 11.8. The van der Waals surface area contributed by atoms with Gasteiger partial charge in [0.05, 0.1) is 11.7 Å². The molecule has 1 aliphatic carbocycles. The summed E-state index contributed by atoms with van der Waals surface area (Å²) in [4.78, 5) is 0. The molecule has 1 aliphatic rings. The second kappa shape index (κ2) is 5.55. The number of hydrogen-bond acceptors (Lipinski definition) is 3. The van der Waals surface area contributed by atoms with Crippen molar-refractivity contribution in [3.63, 3.8) is 0 Å². The molecule has 0 saturated carbocycles. The lowest BCUT2D eigenvalue weighted by atomic mass is 10.1. The molecule has 0 amide bonds. The largest absolute Gasteiger partial charge is 0.489 e. The Bertz CT molecular complexity index is 721. The topological polar surface area (TPSA) is 53.2 Å². The molecule has 3 rings (SSSR count). The highest BCUT2D eigenvalue weighted by atomic mass is 19.1. The maximum Gasteiger partial charge on any atom is 0.140 e. The van der Waals surface area contributed by atoms with E-state index < -0.39 is 5.82 Å². The van der Waals surface area contributed by atoms with Crippen molar-refractivity contribution in [1.82, 2.24) is 0 Å². The molecule has 0 aromatic heterocycles. The average molecular weight is 283 g/mol. The van der Waals surface area contributed by atoms with E-state index >= 15 is 0 Å². The lowest BCUT2D eigenvalue weighted by Crippen LogP contribution is -1.98. The number of aliphatic hydroxyl groups is 1. The van der Waals surface area contributed by atoms with Gasteiger partial charge in [-0.2, -0.15) is 5.26 Å². The summed E-state index contributed by atoms with van der Waals surface area (Å²) in [6.07, 6.45) is 1.23.